The third kappa shape index (κ3) is 10.7. The van der Waals surface area contributed by atoms with E-state index < -0.39 is 6.09 Å². The SMILES string of the molecule is CCCCCCCCCCCCN(Oc1ccccc1)C(=O)OCC. The summed E-state index contributed by atoms with van der Waals surface area (Å²) in [5, 5.41) is 1.34. The van der Waals surface area contributed by atoms with Crippen LogP contribution in [0.5, 0.6) is 5.75 Å². The molecule has 0 heterocycles. The molecule has 0 atom stereocenters. The van der Waals surface area contributed by atoms with Gasteiger partial charge in [-0.1, -0.05) is 82.9 Å². The van der Waals surface area contributed by atoms with Crippen LogP contribution >= 0.6 is 0 Å². The molecule has 0 aliphatic rings. The van der Waals surface area contributed by atoms with Gasteiger partial charge in [-0.3, -0.25) is 0 Å². The van der Waals surface area contributed by atoms with Gasteiger partial charge in [-0.2, -0.15) is 0 Å². The van der Waals surface area contributed by atoms with Gasteiger partial charge in [-0.15, -0.1) is 5.06 Å². The highest BCUT2D eigenvalue weighted by atomic mass is 16.7. The first-order valence-electron chi connectivity index (χ1n) is 9.95. The molecule has 0 aliphatic heterocycles. The summed E-state index contributed by atoms with van der Waals surface area (Å²) < 4.78 is 5.08. The van der Waals surface area contributed by atoms with E-state index in [2.05, 4.69) is 6.92 Å². The summed E-state index contributed by atoms with van der Waals surface area (Å²) in [7, 11) is 0. The highest BCUT2D eigenvalue weighted by molar-refractivity contribution is 5.66. The minimum atomic E-state index is -0.415. The summed E-state index contributed by atoms with van der Waals surface area (Å²) in [5.74, 6) is 0.655. The molecule has 1 aromatic rings. The van der Waals surface area contributed by atoms with Crippen LogP contribution in [-0.2, 0) is 4.74 Å². The van der Waals surface area contributed by atoms with Crippen LogP contribution in [0.2, 0.25) is 0 Å². The van der Waals surface area contributed by atoms with E-state index in [9.17, 15) is 4.79 Å². The van der Waals surface area contributed by atoms with Crippen molar-refractivity contribution in [3.63, 3.8) is 0 Å². The number of ether oxygens (including phenoxy) is 1. The third-order valence-electron chi connectivity index (χ3n) is 4.15. The first-order chi connectivity index (χ1) is 12.3. The molecule has 0 bridgehead atoms. The number of nitrogens with zero attached hydrogens (tertiary/aromatic N) is 1. The molecule has 0 saturated carbocycles. The van der Waals surface area contributed by atoms with Crippen molar-refractivity contribution in [3.05, 3.63) is 30.3 Å². The number of hydrogen-bond acceptors (Lipinski definition) is 3. The fourth-order valence-corrected chi connectivity index (χ4v) is 2.72. The van der Waals surface area contributed by atoms with Gasteiger partial charge in [-0.25, -0.2) is 4.79 Å². The van der Waals surface area contributed by atoms with Crippen LogP contribution in [0.25, 0.3) is 0 Å². The number of rotatable bonds is 14. The molecule has 1 amide bonds. The molecule has 0 N–H and O–H groups in total. The summed E-state index contributed by atoms with van der Waals surface area (Å²) in [6.07, 6.45) is 12.2. The van der Waals surface area contributed by atoms with Crippen LogP contribution in [0.3, 0.4) is 0 Å². The van der Waals surface area contributed by atoms with Gasteiger partial charge in [0.05, 0.1) is 13.2 Å². The summed E-state index contributed by atoms with van der Waals surface area (Å²) in [6.45, 7) is 4.97. The Bertz CT molecular complexity index is 436. The number of amides is 1. The van der Waals surface area contributed by atoms with Crippen LogP contribution in [0, 0.1) is 0 Å². The monoisotopic (exact) mass is 349 g/mol. The van der Waals surface area contributed by atoms with Gasteiger partial charge in [0, 0.05) is 0 Å². The van der Waals surface area contributed by atoms with Crippen LogP contribution in [-0.4, -0.2) is 24.3 Å². The number of carbonyl (C=O) groups is 1. The normalized spacial score (nSPS) is 10.5. The van der Waals surface area contributed by atoms with Gasteiger partial charge in [-0.05, 0) is 25.5 Å². The minimum Gasteiger partial charge on any atom is -0.448 e. The summed E-state index contributed by atoms with van der Waals surface area (Å²) in [6, 6.07) is 9.37. The molecule has 0 aromatic heterocycles. The molecule has 25 heavy (non-hydrogen) atoms. The number of carbonyl (C=O) groups excluding carboxylic acids is 1. The third-order valence-corrected chi connectivity index (χ3v) is 4.15. The lowest BCUT2D eigenvalue weighted by Gasteiger charge is -2.21. The zero-order chi connectivity index (χ0) is 18.2. The van der Waals surface area contributed by atoms with Crippen LogP contribution < -0.4 is 4.84 Å². The molecular weight excluding hydrogens is 314 g/mol. The Morgan fingerprint density at radius 2 is 1.40 bits per heavy atom. The molecule has 0 saturated heterocycles. The Morgan fingerprint density at radius 3 is 1.96 bits per heavy atom. The van der Waals surface area contributed by atoms with Crippen LogP contribution in [0.15, 0.2) is 30.3 Å². The molecule has 0 aliphatic carbocycles. The predicted molar refractivity (Wildman–Crippen MR) is 103 cm³/mol. The number of hydrogen-bond donors (Lipinski definition) is 0. The van der Waals surface area contributed by atoms with E-state index in [0.717, 1.165) is 12.8 Å². The Balaban J connectivity index is 2.19. The first kappa shape index (κ1) is 21.3. The number of unbranched alkanes of at least 4 members (excludes halogenated alkanes) is 9. The molecule has 0 spiro atoms. The number of benzene rings is 1. The molecule has 1 rings (SSSR count). The first-order valence-corrected chi connectivity index (χ1v) is 9.95. The van der Waals surface area contributed by atoms with Gasteiger partial charge in [0.15, 0.2) is 5.75 Å². The average molecular weight is 350 g/mol. The van der Waals surface area contributed by atoms with Crippen molar-refractivity contribution in [1.29, 1.82) is 0 Å². The second-order valence-corrected chi connectivity index (χ2v) is 6.39. The van der Waals surface area contributed by atoms with Crippen LogP contribution in [0.4, 0.5) is 4.79 Å². The molecule has 4 nitrogen and oxygen atoms in total. The van der Waals surface area contributed by atoms with Crippen molar-refractivity contribution in [1.82, 2.24) is 5.06 Å². The number of para-hydroxylation sites is 1. The second kappa shape index (κ2) is 14.6. The van der Waals surface area contributed by atoms with E-state index in [1.807, 2.05) is 30.3 Å². The molecule has 0 fully saturated rings. The van der Waals surface area contributed by atoms with Crippen molar-refractivity contribution in [2.45, 2.75) is 78.1 Å². The van der Waals surface area contributed by atoms with Crippen LogP contribution in [0.1, 0.15) is 78.1 Å². The van der Waals surface area contributed by atoms with Crippen molar-refractivity contribution >= 4 is 6.09 Å². The topological polar surface area (TPSA) is 38.8 Å². The smallest absolute Gasteiger partial charge is 0.443 e. The quantitative estimate of drug-likeness (QED) is 0.290. The van der Waals surface area contributed by atoms with Gasteiger partial charge >= 0.3 is 6.09 Å². The van der Waals surface area contributed by atoms with Crippen molar-refractivity contribution in [3.8, 4) is 5.75 Å². The van der Waals surface area contributed by atoms with E-state index in [1.165, 1.54) is 56.4 Å². The van der Waals surface area contributed by atoms with Crippen molar-refractivity contribution < 1.29 is 14.4 Å². The fraction of sp³-hybridized carbons (Fsp3) is 0.667. The molecule has 0 unspecified atom stereocenters. The maximum atomic E-state index is 12.0. The van der Waals surface area contributed by atoms with Crippen molar-refractivity contribution in [2.75, 3.05) is 13.2 Å². The summed E-state index contributed by atoms with van der Waals surface area (Å²) in [4.78, 5) is 17.7. The maximum absolute atomic E-state index is 12.0. The Morgan fingerprint density at radius 1 is 0.840 bits per heavy atom. The Kier molecular flexibility index (Phi) is 12.5. The Hall–Kier alpha value is -1.71. The molecule has 0 radical (unpaired) electrons. The molecule has 1 aromatic carbocycles. The highest BCUT2D eigenvalue weighted by Gasteiger charge is 2.16. The Labute approximate surface area is 153 Å². The summed E-state index contributed by atoms with van der Waals surface area (Å²) >= 11 is 0. The lowest BCUT2D eigenvalue weighted by atomic mass is 10.1. The van der Waals surface area contributed by atoms with Gasteiger partial charge in [0.2, 0.25) is 0 Å². The highest BCUT2D eigenvalue weighted by Crippen LogP contribution is 2.14. The zero-order valence-electron chi connectivity index (χ0n) is 16.0. The zero-order valence-corrected chi connectivity index (χ0v) is 16.0. The molecule has 142 valence electrons. The molecule has 4 heteroatoms. The number of hydroxylamine groups is 2. The van der Waals surface area contributed by atoms with E-state index in [0.29, 0.717) is 18.9 Å². The van der Waals surface area contributed by atoms with Crippen molar-refractivity contribution in [2.24, 2.45) is 0 Å². The average Bonchev–Trinajstić information content (AvgIpc) is 2.63. The molecular formula is C21H35NO3. The van der Waals surface area contributed by atoms with E-state index in [4.69, 9.17) is 9.57 Å². The lowest BCUT2D eigenvalue weighted by Crippen LogP contribution is -2.35. The second-order valence-electron chi connectivity index (χ2n) is 6.39. The predicted octanol–water partition coefficient (Wildman–Crippen LogP) is 6.36. The van der Waals surface area contributed by atoms with E-state index >= 15 is 0 Å². The minimum absolute atomic E-state index is 0.353. The van der Waals surface area contributed by atoms with E-state index in [1.54, 1.807) is 6.92 Å². The fourth-order valence-electron chi connectivity index (χ4n) is 2.72. The van der Waals surface area contributed by atoms with Gasteiger partial charge < -0.3 is 9.57 Å². The standard InChI is InChI=1S/C21H35NO3/c1-3-5-6-7-8-9-10-11-12-16-19-22(21(23)24-4-2)25-20-17-14-13-15-18-20/h13-15,17-18H,3-12,16,19H2,1-2H3. The largest absolute Gasteiger partial charge is 0.448 e. The summed E-state index contributed by atoms with van der Waals surface area (Å²) in [5.41, 5.74) is 0. The van der Waals surface area contributed by atoms with Gasteiger partial charge in [0.1, 0.15) is 0 Å². The maximum Gasteiger partial charge on any atom is 0.443 e. The van der Waals surface area contributed by atoms with E-state index in [-0.39, 0.29) is 0 Å². The van der Waals surface area contributed by atoms with Gasteiger partial charge in [0.25, 0.3) is 0 Å². The lowest BCUT2D eigenvalue weighted by molar-refractivity contribution is -0.0479.